The van der Waals surface area contributed by atoms with Gasteiger partial charge in [0.25, 0.3) is 5.91 Å². The maximum atomic E-state index is 12.5. The molecule has 2 amide bonds. The summed E-state index contributed by atoms with van der Waals surface area (Å²) in [5, 5.41) is 0. The van der Waals surface area contributed by atoms with Crippen LogP contribution in [0.1, 0.15) is 15.9 Å². The second kappa shape index (κ2) is 8.32. The largest absolute Gasteiger partial charge is 0.342 e. The van der Waals surface area contributed by atoms with Crippen molar-refractivity contribution >= 4 is 22.3 Å². The van der Waals surface area contributed by atoms with Crippen molar-refractivity contribution in [1.82, 2.24) is 14.5 Å². The van der Waals surface area contributed by atoms with Gasteiger partial charge in [0.1, 0.15) is 0 Å². The number of hydrogen-bond acceptors (Lipinski definition) is 4. The van der Waals surface area contributed by atoms with Crippen LogP contribution >= 0.6 is 0 Å². The molecule has 0 saturated carbocycles. The second-order valence-corrected chi connectivity index (χ2v) is 8.04. The second-order valence-electron chi connectivity index (χ2n) is 6.27. The fourth-order valence-corrected chi connectivity index (χ4v) is 3.86. The first-order valence-corrected chi connectivity index (χ1v) is 10.1. The summed E-state index contributed by atoms with van der Waals surface area (Å²) in [6.07, 6.45) is 0.782. The number of hydrogen-bond donors (Lipinski definition) is 1. The summed E-state index contributed by atoms with van der Waals surface area (Å²) in [7, 11) is -3.66. The van der Waals surface area contributed by atoms with Gasteiger partial charge in [-0.15, -0.1) is 0 Å². The number of nitrogens with zero attached hydrogens (tertiary/aromatic N) is 2. The quantitative estimate of drug-likeness (QED) is 0.752. The Morgan fingerprint density at radius 1 is 0.963 bits per heavy atom. The van der Waals surface area contributed by atoms with E-state index in [4.69, 9.17) is 0 Å². The molecule has 1 heterocycles. The monoisotopic (exact) mass is 387 g/mol. The third-order valence-corrected chi connectivity index (χ3v) is 5.89. The summed E-state index contributed by atoms with van der Waals surface area (Å²) in [6.45, 7) is 2.15. The van der Waals surface area contributed by atoms with Gasteiger partial charge in [-0.1, -0.05) is 30.3 Å². The molecule has 0 bridgehead atoms. The highest BCUT2D eigenvalue weighted by Gasteiger charge is 2.22. The molecule has 142 valence electrons. The molecule has 1 aliphatic rings. The van der Waals surface area contributed by atoms with Gasteiger partial charge in [-0.2, -0.15) is 0 Å². The van der Waals surface area contributed by atoms with E-state index in [9.17, 15) is 18.0 Å². The topological polar surface area (TPSA) is 86.8 Å². The highest BCUT2D eigenvalue weighted by molar-refractivity contribution is 7.89. The minimum Gasteiger partial charge on any atom is -0.342 e. The SMILES string of the molecule is O=CN1CCN(C(=O)c2ccc(S(=O)(=O)NCc3ccccc3)cc2)CC1. The van der Waals surface area contributed by atoms with Gasteiger partial charge in [0.2, 0.25) is 16.4 Å². The number of carbonyl (C=O) groups is 2. The minimum absolute atomic E-state index is 0.112. The Morgan fingerprint density at radius 2 is 1.59 bits per heavy atom. The van der Waals surface area contributed by atoms with Crippen molar-refractivity contribution in [2.75, 3.05) is 26.2 Å². The van der Waals surface area contributed by atoms with Crippen LogP contribution < -0.4 is 4.72 Å². The average Bonchev–Trinajstić information content (AvgIpc) is 2.73. The Morgan fingerprint density at radius 3 is 2.19 bits per heavy atom. The third kappa shape index (κ3) is 4.72. The van der Waals surface area contributed by atoms with Crippen LogP contribution in [0.5, 0.6) is 0 Å². The summed E-state index contributed by atoms with van der Waals surface area (Å²) in [6, 6.07) is 15.1. The van der Waals surface area contributed by atoms with E-state index < -0.39 is 10.0 Å². The number of nitrogens with one attached hydrogen (secondary N) is 1. The standard InChI is InChI=1S/C19H21N3O4S/c23-15-21-10-12-22(13-11-21)19(24)17-6-8-18(9-7-17)27(25,26)20-14-16-4-2-1-3-5-16/h1-9,15,20H,10-14H2. The fourth-order valence-electron chi connectivity index (χ4n) is 2.85. The Kier molecular flexibility index (Phi) is 5.88. The average molecular weight is 387 g/mol. The van der Waals surface area contributed by atoms with E-state index in [0.29, 0.717) is 31.7 Å². The van der Waals surface area contributed by atoms with E-state index in [0.717, 1.165) is 12.0 Å². The highest BCUT2D eigenvalue weighted by Crippen LogP contribution is 2.14. The molecular weight excluding hydrogens is 366 g/mol. The molecule has 2 aromatic rings. The molecule has 0 unspecified atom stereocenters. The zero-order valence-corrected chi connectivity index (χ0v) is 15.6. The summed E-state index contributed by atoms with van der Waals surface area (Å²) in [5.74, 6) is -0.165. The van der Waals surface area contributed by atoms with Crippen molar-refractivity contribution in [3.63, 3.8) is 0 Å². The predicted octanol–water partition coefficient (Wildman–Crippen LogP) is 1.08. The van der Waals surface area contributed by atoms with E-state index in [1.54, 1.807) is 9.80 Å². The lowest BCUT2D eigenvalue weighted by Gasteiger charge is -2.32. The lowest BCUT2D eigenvalue weighted by molar-refractivity contribution is -0.119. The van der Waals surface area contributed by atoms with E-state index >= 15 is 0 Å². The van der Waals surface area contributed by atoms with Crippen LogP contribution in [-0.2, 0) is 21.4 Å². The molecule has 1 fully saturated rings. The van der Waals surface area contributed by atoms with Crippen LogP contribution in [0.15, 0.2) is 59.5 Å². The molecule has 0 aliphatic carbocycles. The molecule has 1 saturated heterocycles. The van der Waals surface area contributed by atoms with Crippen molar-refractivity contribution in [3.05, 3.63) is 65.7 Å². The number of rotatable bonds is 6. The molecule has 27 heavy (non-hydrogen) atoms. The van der Waals surface area contributed by atoms with Gasteiger partial charge in [0.15, 0.2) is 0 Å². The van der Waals surface area contributed by atoms with Gasteiger partial charge in [-0.25, -0.2) is 13.1 Å². The van der Waals surface area contributed by atoms with Crippen LogP contribution in [0, 0.1) is 0 Å². The van der Waals surface area contributed by atoms with E-state index in [1.807, 2.05) is 30.3 Å². The number of carbonyl (C=O) groups excluding carboxylic acids is 2. The lowest BCUT2D eigenvalue weighted by atomic mass is 10.2. The molecule has 7 nitrogen and oxygen atoms in total. The van der Waals surface area contributed by atoms with Crippen molar-refractivity contribution in [1.29, 1.82) is 0 Å². The Labute approximate surface area is 158 Å². The van der Waals surface area contributed by atoms with Crippen LogP contribution in [0.4, 0.5) is 0 Å². The molecule has 0 radical (unpaired) electrons. The summed E-state index contributed by atoms with van der Waals surface area (Å²) in [5.41, 5.74) is 1.29. The van der Waals surface area contributed by atoms with Crippen molar-refractivity contribution in [3.8, 4) is 0 Å². The Bertz CT molecular complexity index is 890. The van der Waals surface area contributed by atoms with Crippen LogP contribution in [0.3, 0.4) is 0 Å². The number of piperazine rings is 1. The molecule has 0 spiro atoms. The summed E-state index contributed by atoms with van der Waals surface area (Å²) >= 11 is 0. The minimum atomic E-state index is -3.66. The molecule has 1 aliphatic heterocycles. The first-order chi connectivity index (χ1) is 13.0. The molecule has 0 aromatic heterocycles. The normalized spacial score (nSPS) is 14.8. The highest BCUT2D eigenvalue weighted by atomic mass is 32.2. The smallest absolute Gasteiger partial charge is 0.253 e. The lowest BCUT2D eigenvalue weighted by Crippen LogP contribution is -2.48. The van der Waals surface area contributed by atoms with E-state index in [-0.39, 0.29) is 17.3 Å². The van der Waals surface area contributed by atoms with E-state index in [2.05, 4.69) is 4.72 Å². The molecule has 3 rings (SSSR count). The predicted molar refractivity (Wildman–Crippen MR) is 100 cm³/mol. The van der Waals surface area contributed by atoms with Gasteiger partial charge in [-0.3, -0.25) is 9.59 Å². The first-order valence-electron chi connectivity index (χ1n) is 8.62. The zero-order valence-electron chi connectivity index (χ0n) is 14.7. The van der Waals surface area contributed by atoms with Gasteiger partial charge in [0.05, 0.1) is 4.90 Å². The maximum Gasteiger partial charge on any atom is 0.253 e. The van der Waals surface area contributed by atoms with Gasteiger partial charge >= 0.3 is 0 Å². The Hall–Kier alpha value is -2.71. The van der Waals surface area contributed by atoms with Crippen LogP contribution in [0.2, 0.25) is 0 Å². The van der Waals surface area contributed by atoms with Gasteiger partial charge < -0.3 is 9.80 Å². The number of sulfonamides is 1. The molecule has 8 heteroatoms. The zero-order chi connectivity index (χ0) is 19.3. The van der Waals surface area contributed by atoms with Gasteiger partial charge in [-0.05, 0) is 29.8 Å². The maximum absolute atomic E-state index is 12.5. The third-order valence-electron chi connectivity index (χ3n) is 4.47. The Balaban J connectivity index is 1.64. The first kappa shape index (κ1) is 19.1. The summed E-state index contributed by atoms with van der Waals surface area (Å²) in [4.78, 5) is 26.7. The van der Waals surface area contributed by atoms with E-state index in [1.165, 1.54) is 24.3 Å². The molecule has 0 atom stereocenters. The number of amides is 2. The number of benzene rings is 2. The van der Waals surface area contributed by atoms with Crippen LogP contribution in [-0.4, -0.2) is 56.7 Å². The summed E-state index contributed by atoms with van der Waals surface area (Å²) < 4.78 is 27.4. The van der Waals surface area contributed by atoms with Gasteiger partial charge in [0, 0.05) is 38.3 Å². The van der Waals surface area contributed by atoms with Crippen molar-refractivity contribution < 1.29 is 18.0 Å². The molecule has 1 N–H and O–H groups in total. The fraction of sp³-hybridized carbons (Fsp3) is 0.263. The van der Waals surface area contributed by atoms with Crippen molar-refractivity contribution in [2.24, 2.45) is 0 Å². The van der Waals surface area contributed by atoms with Crippen molar-refractivity contribution in [2.45, 2.75) is 11.4 Å². The molecular formula is C19H21N3O4S. The molecule has 2 aromatic carbocycles. The van der Waals surface area contributed by atoms with Crippen LogP contribution in [0.25, 0.3) is 0 Å².